The van der Waals surface area contributed by atoms with Gasteiger partial charge in [-0.1, -0.05) is 165 Å². The third-order valence-electron chi connectivity index (χ3n) is 16.5. The van der Waals surface area contributed by atoms with Crippen molar-refractivity contribution in [3.63, 3.8) is 0 Å². The highest BCUT2D eigenvalue weighted by atomic mass is 15.2. The molecule has 3 aliphatic carbocycles. The molecular formula is C65H61BN2. The number of fused-ring (bicyclic) bond motifs is 15. The molecule has 1 spiro atoms. The van der Waals surface area contributed by atoms with Crippen LogP contribution < -0.4 is 26.2 Å². The first-order chi connectivity index (χ1) is 32.5. The summed E-state index contributed by atoms with van der Waals surface area (Å²) in [4.78, 5) is 5.23. The first kappa shape index (κ1) is 41.6. The van der Waals surface area contributed by atoms with Crippen LogP contribution in [0.1, 0.15) is 124 Å². The zero-order valence-corrected chi connectivity index (χ0v) is 41.5. The van der Waals surface area contributed by atoms with E-state index in [1.54, 1.807) is 0 Å². The van der Waals surface area contributed by atoms with Gasteiger partial charge < -0.3 is 9.80 Å². The molecule has 2 heterocycles. The van der Waals surface area contributed by atoms with Crippen LogP contribution in [0.25, 0.3) is 22.3 Å². The van der Waals surface area contributed by atoms with E-state index in [2.05, 4.69) is 231 Å². The zero-order chi connectivity index (χ0) is 46.8. The van der Waals surface area contributed by atoms with Gasteiger partial charge >= 0.3 is 0 Å². The maximum atomic E-state index is 2.68. The molecular weight excluding hydrogens is 820 g/mol. The lowest BCUT2D eigenvalue weighted by Gasteiger charge is -2.45. The number of anilines is 6. The van der Waals surface area contributed by atoms with Crippen LogP contribution in [0.15, 0.2) is 152 Å². The molecule has 0 amide bonds. The van der Waals surface area contributed by atoms with Gasteiger partial charge in [0.25, 0.3) is 6.71 Å². The van der Waals surface area contributed by atoms with E-state index in [4.69, 9.17) is 0 Å². The molecule has 0 atom stereocenters. The fraction of sp³-hybridized carbons (Fsp3) is 0.262. The maximum Gasteiger partial charge on any atom is 0.252 e. The number of rotatable bonds is 2. The van der Waals surface area contributed by atoms with Crippen LogP contribution in [0.3, 0.4) is 0 Å². The molecule has 0 fully saturated rings. The fourth-order valence-corrected chi connectivity index (χ4v) is 13.1. The lowest BCUT2D eigenvalue weighted by atomic mass is 9.33. The van der Waals surface area contributed by atoms with Crippen molar-refractivity contribution in [1.29, 1.82) is 0 Å². The molecule has 2 nitrogen and oxygen atoms in total. The topological polar surface area (TPSA) is 6.48 Å². The number of hydrogen-bond donors (Lipinski definition) is 0. The second-order valence-corrected chi connectivity index (χ2v) is 23.8. The summed E-state index contributed by atoms with van der Waals surface area (Å²) < 4.78 is 0. The Morgan fingerprint density at radius 2 is 0.882 bits per heavy atom. The molecule has 0 bridgehead atoms. The van der Waals surface area contributed by atoms with Gasteiger partial charge in [-0.05, 0) is 185 Å². The number of aryl methyl sites for hydroxylation is 3. The minimum atomic E-state index is -0.440. The quantitative estimate of drug-likeness (QED) is 0.160. The van der Waals surface area contributed by atoms with Gasteiger partial charge in [0.2, 0.25) is 0 Å². The third-order valence-corrected chi connectivity index (χ3v) is 16.5. The standard InChI is InChI=1S/C65H61BN2/c1-39-32-59-61-60(33-39)68(46-29-24-43(25-30-46)63(5,6)7)58-38-54-50(49-34-40-16-15-17-41(40)35-53(49)65(54)51-20-13-11-18-47(51)48-19-12-14-21-52(48)65)37-56(58)66(61)55-36-44(64(8,9)10)26-31-57(55)67(59)45-27-22-42(23-28-45)62(2,3)4/h11-14,18-38H,15-17H2,1-10H3. The van der Waals surface area contributed by atoms with Crippen LogP contribution in [0.5, 0.6) is 0 Å². The largest absolute Gasteiger partial charge is 0.311 e. The Bertz CT molecular complexity index is 3400. The summed E-state index contributed by atoms with van der Waals surface area (Å²) in [5.41, 5.74) is 30.7. The molecule has 5 aliphatic rings. The Morgan fingerprint density at radius 3 is 1.44 bits per heavy atom. The summed E-state index contributed by atoms with van der Waals surface area (Å²) in [6.45, 7) is 23.3. The summed E-state index contributed by atoms with van der Waals surface area (Å²) in [7, 11) is 0. The fourth-order valence-electron chi connectivity index (χ4n) is 13.1. The summed E-state index contributed by atoms with van der Waals surface area (Å²) in [5, 5.41) is 0. The van der Waals surface area contributed by atoms with Gasteiger partial charge in [-0.25, -0.2) is 0 Å². The van der Waals surface area contributed by atoms with Crippen LogP contribution in [0.4, 0.5) is 34.1 Å². The Labute approximate surface area is 404 Å². The molecule has 8 aromatic rings. The van der Waals surface area contributed by atoms with E-state index >= 15 is 0 Å². The summed E-state index contributed by atoms with van der Waals surface area (Å²) in [6.07, 6.45) is 3.52. The van der Waals surface area contributed by atoms with Crippen LogP contribution in [-0.4, -0.2) is 6.71 Å². The normalized spacial score (nSPS) is 15.6. The van der Waals surface area contributed by atoms with E-state index in [1.165, 1.54) is 135 Å². The number of benzene rings is 8. The highest BCUT2D eigenvalue weighted by Gasteiger charge is 2.54. The Hall–Kier alpha value is -6.58. The molecule has 0 aromatic heterocycles. The SMILES string of the molecule is Cc1cc2c3c(c1)N(c1ccc(C(C)(C)C)cc1)c1cc4c(cc1B3c1cc(C(C)(C)C)ccc1N2c1ccc(C(C)(C)C)cc1)-c1cc2c(cc1C41c3ccccc3-c3ccccc31)CCC2. The Kier molecular flexibility index (Phi) is 8.57. The minimum Gasteiger partial charge on any atom is -0.311 e. The summed E-state index contributed by atoms with van der Waals surface area (Å²) >= 11 is 0. The van der Waals surface area contributed by atoms with Gasteiger partial charge in [0, 0.05) is 34.1 Å². The molecule has 0 saturated heterocycles. The number of hydrogen-bond acceptors (Lipinski definition) is 2. The monoisotopic (exact) mass is 880 g/mol. The van der Waals surface area contributed by atoms with E-state index in [-0.39, 0.29) is 23.0 Å². The zero-order valence-electron chi connectivity index (χ0n) is 41.5. The maximum absolute atomic E-state index is 2.68. The van der Waals surface area contributed by atoms with Crippen molar-refractivity contribution >= 4 is 57.2 Å². The van der Waals surface area contributed by atoms with E-state index in [0.29, 0.717) is 0 Å². The first-order valence-electron chi connectivity index (χ1n) is 25.2. The predicted molar refractivity (Wildman–Crippen MR) is 290 cm³/mol. The van der Waals surface area contributed by atoms with Gasteiger partial charge in [0.05, 0.1) is 5.41 Å². The van der Waals surface area contributed by atoms with Gasteiger partial charge in [0.1, 0.15) is 0 Å². The van der Waals surface area contributed by atoms with E-state index in [9.17, 15) is 0 Å². The molecule has 334 valence electrons. The predicted octanol–water partition coefficient (Wildman–Crippen LogP) is 14.8. The lowest BCUT2D eigenvalue weighted by molar-refractivity contribution is 0.590. The minimum absolute atomic E-state index is 0.00553. The molecule has 0 N–H and O–H groups in total. The van der Waals surface area contributed by atoms with Crippen molar-refractivity contribution in [3.05, 3.63) is 207 Å². The van der Waals surface area contributed by atoms with Gasteiger partial charge in [0.15, 0.2) is 0 Å². The average molecular weight is 881 g/mol. The third kappa shape index (κ3) is 5.71. The summed E-state index contributed by atoms with van der Waals surface area (Å²) in [5.74, 6) is 0. The van der Waals surface area contributed by atoms with Crippen molar-refractivity contribution in [2.24, 2.45) is 0 Å². The van der Waals surface area contributed by atoms with Crippen LogP contribution in [-0.2, 0) is 34.5 Å². The summed E-state index contributed by atoms with van der Waals surface area (Å²) in [6, 6.07) is 60.5. The lowest BCUT2D eigenvalue weighted by Crippen LogP contribution is -2.61. The molecule has 8 aromatic carbocycles. The highest BCUT2D eigenvalue weighted by molar-refractivity contribution is 7.00. The van der Waals surface area contributed by atoms with E-state index in [1.807, 2.05) is 0 Å². The number of nitrogens with zero attached hydrogens (tertiary/aromatic N) is 2. The molecule has 2 aliphatic heterocycles. The molecule has 0 saturated carbocycles. The Morgan fingerprint density at radius 1 is 0.412 bits per heavy atom. The van der Waals surface area contributed by atoms with Gasteiger partial charge in [-0.15, -0.1) is 0 Å². The van der Waals surface area contributed by atoms with Crippen molar-refractivity contribution in [2.75, 3.05) is 9.80 Å². The van der Waals surface area contributed by atoms with E-state index in [0.717, 1.165) is 12.8 Å². The molecule has 3 heteroatoms. The smallest absolute Gasteiger partial charge is 0.252 e. The van der Waals surface area contributed by atoms with Crippen LogP contribution in [0.2, 0.25) is 0 Å². The second-order valence-electron chi connectivity index (χ2n) is 23.8. The second kappa shape index (κ2) is 14.0. The highest BCUT2D eigenvalue weighted by Crippen LogP contribution is 2.64. The van der Waals surface area contributed by atoms with Gasteiger partial charge in [-0.2, -0.15) is 0 Å². The van der Waals surface area contributed by atoms with Crippen molar-refractivity contribution in [3.8, 4) is 22.3 Å². The molecule has 68 heavy (non-hydrogen) atoms. The Balaban J connectivity index is 1.16. The van der Waals surface area contributed by atoms with Gasteiger partial charge in [-0.3, -0.25) is 0 Å². The van der Waals surface area contributed by atoms with Crippen LogP contribution in [0, 0.1) is 6.92 Å². The van der Waals surface area contributed by atoms with Crippen molar-refractivity contribution in [1.82, 2.24) is 0 Å². The van der Waals surface area contributed by atoms with Crippen molar-refractivity contribution in [2.45, 2.75) is 110 Å². The molecule has 0 radical (unpaired) electrons. The molecule has 0 unspecified atom stereocenters. The first-order valence-corrected chi connectivity index (χ1v) is 25.2. The average Bonchev–Trinajstić information content (AvgIpc) is 3.98. The molecule has 13 rings (SSSR count). The van der Waals surface area contributed by atoms with Crippen molar-refractivity contribution < 1.29 is 0 Å². The van der Waals surface area contributed by atoms with E-state index < -0.39 is 5.41 Å². The van der Waals surface area contributed by atoms with Crippen LogP contribution >= 0.6 is 0 Å².